The minimum Gasteiger partial charge on any atom is -0.310 e. The molecule has 2 heteroatoms. The van der Waals surface area contributed by atoms with E-state index in [1.165, 1.54) is 24.5 Å². The van der Waals surface area contributed by atoms with Gasteiger partial charge in [0.15, 0.2) is 0 Å². The van der Waals surface area contributed by atoms with E-state index in [-0.39, 0.29) is 5.82 Å². The van der Waals surface area contributed by atoms with Gasteiger partial charge in [-0.05, 0) is 55.9 Å². The third kappa shape index (κ3) is 5.31. The SMILES string of the molecule is Cc1cc(F)ccc1CNC(C)CCC(C)C. The average molecular weight is 237 g/mol. The van der Waals surface area contributed by atoms with Crippen LogP contribution in [0.2, 0.25) is 0 Å². The molecule has 0 radical (unpaired) electrons. The lowest BCUT2D eigenvalue weighted by molar-refractivity contribution is 0.450. The molecule has 0 saturated heterocycles. The highest BCUT2D eigenvalue weighted by Gasteiger charge is 2.05. The molecular formula is C15H24FN. The van der Waals surface area contributed by atoms with E-state index >= 15 is 0 Å². The van der Waals surface area contributed by atoms with Crippen molar-refractivity contribution in [2.45, 2.75) is 53.1 Å². The monoisotopic (exact) mass is 237 g/mol. The Morgan fingerprint density at radius 2 is 1.88 bits per heavy atom. The van der Waals surface area contributed by atoms with E-state index in [2.05, 4.69) is 26.1 Å². The Morgan fingerprint density at radius 3 is 2.47 bits per heavy atom. The number of benzene rings is 1. The zero-order chi connectivity index (χ0) is 12.8. The number of hydrogen-bond acceptors (Lipinski definition) is 1. The first-order valence-electron chi connectivity index (χ1n) is 6.47. The molecular weight excluding hydrogens is 213 g/mol. The van der Waals surface area contributed by atoms with E-state index in [1.54, 1.807) is 6.07 Å². The van der Waals surface area contributed by atoms with Crippen molar-refractivity contribution in [1.29, 1.82) is 0 Å². The van der Waals surface area contributed by atoms with Crippen LogP contribution in [0.15, 0.2) is 18.2 Å². The third-order valence-corrected chi connectivity index (χ3v) is 3.12. The maximum atomic E-state index is 12.9. The average Bonchev–Trinajstić information content (AvgIpc) is 2.25. The summed E-state index contributed by atoms with van der Waals surface area (Å²) in [6.07, 6.45) is 2.44. The molecule has 1 aromatic rings. The largest absolute Gasteiger partial charge is 0.310 e. The molecule has 96 valence electrons. The van der Waals surface area contributed by atoms with E-state index in [0.29, 0.717) is 6.04 Å². The summed E-state index contributed by atoms with van der Waals surface area (Å²) < 4.78 is 12.9. The molecule has 0 aromatic heterocycles. The van der Waals surface area contributed by atoms with Gasteiger partial charge in [-0.15, -0.1) is 0 Å². The fourth-order valence-electron chi connectivity index (χ4n) is 1.83. The van der Waals surface area contributed by atoms with E-state index in [9.17, 15) is 4.39 Å². The Morgan fingerprint density at radius 1 is 1.18 bits per heavy atom. The van der Waals surface area contributed by atoms with Crippen LogP contribution in [0.4, 0.5) is 4.39 Å². The summed E-state index contributed by atoms with van der Waals surface area (Å²) in [5, 5.41) is 3.49. The molecule has 1 unspecified atom stereocenters. The van der Waals surface area contributed by atoms with Crippen LogP contribution < -0.4 is 5.32 Å². The summed E-state index contributed by atoms with van der Waals surface area (Å²) in [5.74, 6) is 0.603. The van der Waals surface area contributed by atoms with Gasteiger partial charge >= 0.3 is 0 Å². The summed E-state index contributed by atoms with van der Waals surface area (Å²) >= 11 is 0. The van der Waals surface area contributed by atoms with Crippen LogP contribution in [0.5, 0.6) is 0 Å². The topological polar surface area (TPSA) is 12.0 Å². The first kappa shape index (κ1) is 14.2. The Labute approximate surface area is 104 Å². The lowest BCUT2D eigenvalue weighted by Gasteiger charge is -2.16. The van der Waals surface area contributed by atoms with Crippen molar-refractivity contribution in [3.63, 3.8) is 0 Å². The lowest BCUT2D eigenvalue weighted by atomic mass is 10.0. The number of aryl methyl sites for hydroxylation is 1. The predicted octanol–water partition coefficient (Wildman–Crippen LogP) is 4.05. The van der Waals surface area contributed by atoms with Crippen LogP contribution in [0.3, 0.4) is 0 Å². The summed E-state index contributed by atoms with van der Waals surface area (Å²) in [5.41, 5.74) is 2.20. The van der Waals surface area contributed by atoms with E-state index < -0.39 is 0 Å². The predicted molar refractivity (Wildman–Crippen MR) is 71.5 cm³/mol. The highest BCUT2D eigenvalue weighted by Crippen LogP contribution is 2.11. The fourth-order valence-corrected chi connectivity index (χ4v) is 1.83. The smallest absolute Gasteiger partial charge is 0.123 e. The van der Waals surface area contributed by atoms with Gasteiger partial charge in [0.05, 0.1) is 0 Å². The fraction of sp³-hybridized carbons (Fsp3) is 0.600. The van der Waals surface area contributed by atoms with Crippen LogP contribution in [0, 0.1) is 18.7 Å². The van der Waals surface area contributed by atoms with Crippen molar-refractivity contribution >= 4 is 0 Å². The van der Waals surface area contributed by atoms with Crippen molar-refractivity contribution in [3.8, 4) is 0 Å². The summed E-state index contributed by atoms with van der Waals surface area (Å²) in [6.45, 7) is 9.49. The third-order valence-electron chi connectivity index (χ3n) is 3.12. The van der Waals surface area contributed by atoms with Gasteiger partial charge in [-0.2, -0.15) is 0 Å². The summed E-state index contributed by atoms with van der Waals surface area (Å²) in [6, 6.07) is 5.51. The number of hydrogen-bond donors (Lipinski definition) is 1. The molecule has 1 nitrogen and oxygen atoms in total. The number of nitrogens with one attached hydrogen (secondary N) is 1. The van der Waals surface area contributed by atoms with Crippen molar-refractivity contribution in [1.82, 2.24) is 5.32 Å². The molecule has 0 fully saturated rings. The van der Waals surface area contributed by atoms with Crippen LogP contribution >= 0.6 is 0 Å². The second-order valence-corrected chi connectivity index (χ2v) is 5.32. The Balaban J connectivity index is 2.39. The van der Waals surface area contributed by atoms with Crippen molar-refractivity contribution in [2.24, 2.45) is 5.92 Å². The lowest BCUT2D eigenvalue weighted by Crippen LogP contribution is -2.26. The van der Waals surface area contributed by atoms with Gasteiger partial charge in [0, 0.05) is 12.6 Å². The maximum absolute atomic E-state index is 12.9. The minimum absolute atomic E-state index is 0.154. The molecule has 1 atom stereocenters. The molecule has 0 aliphatic heterocycles. The molecule has 1 aromatic carbocycles. The highest BCUT2D eigenvalue weighted by molar-refractivity contribution is 5.26. The quantitative estimate of drug-likeness (QED) is 0.787. The molecule has 0 amide bonds. The Hall–Kier alpha value is -0.890. The van der Waals surface area contributed by atoms with E-state index in [4.69, 9.17) is 0 Å². The van der Waals surface area contributed by atoms with Gasteiger partial charge < -0.3 is 5.32 Å². The molecule has 0 heterocycles. The first-order valence-corrected chi connectivity index (χ1v) is 6.47. The van der Waals surface area contributed by atoms with E-state index in [1.807, 2.05) is 13.0 Å². The standard InChI is InChI=1S/C15H24FN/c1-11(2)5-6-13(4)17-10-14-7-8-15(16)9-12(14)3/h7-9,11,13,17H,5-6,10H2,1-4H3. The summed E-state index contributed by atoms with van der Waals surface area (Å²) in [4.78, 5) is 0. The van der Waals surface area contributed by atoms with Gasteiger partial charge in [-0.3, -0.25) is 0 Å². The minimum atomic E-state index is -0.154. The van der Waals surface area contributed by atoms with Crippen LogP contribution in [0.25, 0.3) is 0 Å². The van der Waals surface area contributed by atoms with Gasteiger partial charge in [-0.1, -0.05) is 19.9 Å². The van der Waals surface area contributed by atoms with Gasteiger partial charge in [-0.25, -0.2) is 4.39 Å². The maximum Gasteiger partial charge on any atom is 0.123 e. The highest BCUT2D eigenvalue weighted by atomic mass is 19.1. The molecule has 0 bridgehead atoms. The van der Waals surface area contributed by atoms with Crippen molar-refractivity contribution in [2.75, 3.05) is 0 Å². The second kappa shape index (κ2) is 6.75. The van der Waals surface area contributed by atoms with Gasteiger partial charge in [0.2, 0.25) is 0 Å². The van der Waals surface area contributed by atoms with Crippen molar-refractivity contribution < 1.29 is 4.39 Å². The van der Waals surface area contributed by atoms with Crippen LogP contribution in [0.1, 0.15) is 44.7 Å². The zero-order valence-corrected chi connectivity index (χ0v) is 11.4. The van der Waals surface area contributed by atoms with Crippen LogP contribution in [-0.4, -0.2) is 6.04 Å². The molecule has 0 spiro atoms. The Kier molecular flexibility index (Phi) is 5.63. The number of halogens is 1. The molecule has 1 N–H and O–H groups in total. The van der Waals surface area contributed by atoms with E-state index in [0.717, 1.165) is 18.0 Å². The molecule has 0 aliphatic carbocycles. The normalized spacial score (nSPS) is 13.1. The summed E-state index contributed by atoms with van der Waals surface area (Å²) in [7, 11) is 0. The Bertz CT molecular complexity index is 347. The van der Waals surface area contributed by atoms with Crippen LogP contribution in [-0.2, 0) is 6.54 Å². The molecule has 0 saturated carbocycles. The molecule has 0 aliphatic rings. The van der Waals surface area contributed by atoms with Gasteiger partial charge in [0.1, 0.15) is 5.82 Å². The molecule has 17 heavy (non-hydrogen) atoms. The number of rotatable bonds is 6. The first-order chi connectivity index (χ1) is 7.99. The second-order valence-electron chi connectivity index (χ2n) is 5.32. The zero-order valence-electron chi connectivity index (χ0n) is 11.4. The van der Waals surface area contributed by atoms with Gasteiger partial charge in [0.25, 0.3) is 0 Å². The van der Waals surface area contributed by atoms with Crippen molar-refractivity contribution in [3.05, 3.63) is 35.1 Å². The molecule has 1 rings (SSSR count).